The maximum atomic E-state index is 11.4. The predicted octanol–water partition coefficient (Wildman–Crippen LogP) is -0.185. The van der Waals surface area contributed by atoms with Crippen LogP contribution in [0.1, 0.15) is 5.56 Å². The molecule has 0 saturated carbocycles. The first kappa shape index (κ1) is 14.8. The van der Waals surface area contributed by atoms with Crippen molar-refractivity contribution in [1.82, 2.24) is 4.31 Å². The SMILES string of the molecule is CS(=O)(=O)N1CC[NH+](Cc2cc(Br)ccc2O)CC1. The summed E-state index contributed by atoms with van der Waals surface area (Å²) in [5.74, 6) is 0.293. The first-order valence-electron chi connectivity index (χ1n) is 6.12. The number of rotatable bonds is 3. The van der Waals surface area contributed by atoms with Gasteiger partial charge in [-0.25, -0.2) is 8.42 Å². The fraction of sp³-hybridized carbons (Fsp3) is 0.500. The maximum Gasteiger partial charge on any atom is 0.211 e. The molecule has 1 saturated heterocycles. The van der Waals surface area contributed by atoms with Gasteiger partial charge in [0.1, 0.15) is 12.3 Å². The molecule has 106 valence electrons. The van der Waals surface area contributed by atoms with Crippen molar-refractivity contribution < 1.29 is 18.4 Å². The zero-order valence-electron chi connectivity index (χ0n) is 10.8. The smallest absolute Gasteiger partial charge is 0.211 e. The zero-order valence-corrected chi connectivity index (χ0v) is 13.2. The molecule has 7 heteroatoms. The minimum absolute atomic E-state index is 0.293. The summed E-state index contributed by atoms with van der Waals surface area (Å²) in [6, 6.07) is 5.38. The molecule has 0 radical (unpaired) electrons. The second kappa shape index (κ2) is 5.78. The number of nitrogens with one attached hydrogen (secondary N) is 1. The molecule has 0 amide bonds. The molecule has 1 heterocycles. The van der Waals surface area contributed by atoms with E-state index < -0.39 is 10.0 Å². The fourth-order valence-electron chi connectivity index (χ4n) is 2.28. The van der Waals surface area contributed by atoms with Gasteiger partial charge in [0.15, 0.2) is 0 Å². The first-order valence-corrected chi connectivity index (χ1v) is 8.76. The predicted molar refractivity (Wildman–Crippen MR) is 76.6 cm³/mol. The number of halogens is 1. The van der Waals surface area contributed by atoms with E-state index in [4.69, 9.17) is 0 Å². The lowest BCUT2D eigenvalue weighted by molar-refractivity contribution is -0.917. The highest BCUT2D eigenvalue weighted by Gasteiger charge is 2.26. The normalized spacial score (nSPS) is 18.6. The molecule has 1 fully saturated rings. The highest BCUT2D eigenvalue weighted by Crippen LogP contribution is 2.20. The molecule has 2 rings (SSSR count). The van der Waals surface area contributed by atoms with Crippen LogP contribution in [0, 0.1) is 0 Å². The van der Waals surface area contributed by atoms with Gasteiger partial charge in [-0.3, -0.25) is 0 Å². The number of aromatic hydroxyl groups is 1. The van der Waals surface area contributed by atoms with Gasteiger partial charge < -0.3 is 10.0 Å². The average molecular weight is 350 g/mol. The first-order chi connectivity index (χ1) is 8.86. The van der Waals surface area contributed by atoms with Crippen LogP contribution < -0.4 is 4.90 Å². The summed E-state index contributed by atoms with van der Waals surface area (Å²) >= 11 is 3.39. The molecule has 5 nitrogen and oxygen atoms in total. The molecule has 0 spiro atoms. The minimum atomic E-state index is -3.07. The van der Waals surface area contributed by atoms with Gasteiger partial charge in [0.2, 0.25) is 10.0 Å². The van der Waals surface area contributed by atoms with Crippen LogP contribution in [-0.2, 0) is 16.6 Å². The van der Waals surface area contributed by atoms with E-state index in [0.717, 1.165) is 23.1 Å². The maximum absolute atomic E-state index is 11.4. The molecule has 0 aromatic heterocycles. The Bertz CT molecular complexity index is 554. The van der Waals surface area contributed by atoms with E-state index in [-0.39, 0.29) is 0 Å². The number of hydrogen-bond donors (Lipinski definition) is 2. The van der Waals surface area contributed by atoms with Crippen LogP contribution in [0.5, 0.6) is 5.75 Å². The second-order valence-corrected chi connectivity index (χ2v) is 7.76. The van der Waals surface area contributed by atoms with Crippen LogP contribution in [0.3, 0.4) is 0 Å². The highest BCUT2D eigenvalue weighted by atomic mass is 79.9. The van der Waals surface area contributed by atoms with Crippen LogP contribution in [0.15, 0.2) is 22.7 Å². The summed E-state index contributed by atoms with van der Waals surface area (Å²) in [6.45, 7) is 3.33. The topological polar surface area (TPSA) is 62.0 Å². The van der Waals surface area contributed by atoms with E-state index >= 15 is 0 Å². The molecule has 1 aliphatic heterocycles. The molecule has 19 heavy (non-hydrogen) atoms. The van der Waals surface area contributed by atoms with Crippen LogP contribution in [0.4, 0.5) is 0 Å². The number of sulfonamides is 1. The lowest BCUT2D eigenvalue weighted by atomic mass is 10.2. The lowest BCUT2D eigenvalue weighted by Crippen LogP contribution is -3.13. The van der Waals surface area contributed by atoms with Gasteiger partial charge in [-0.1, -0.05) is 15.9 Å². The van der Waals surface area contributed by atoms with E-state index in [9.17, 15) is 13.5 Å². The van der Waals surface area contributed by atoms with Crippen LogP contribution in [-0.4, -0.2) is 50.3 Å². The number of benzene rings is 1. The lowest BCUT2D eigenvalue weighted by Gasteiger charge is -2.30. The van der Waals surface area contributed by atoms with Gasteiger partial charge in [0.25, 0.3) is 0 Å². The summed E-state index contributed by atoms with van der Waals surface area (Å²) in [6.07, 6.45) is 1.25. The van der Waals surface area contributed by atoms with Crippen molar-refractivity contribution in [1.29, 1.82) is 0 Å². The van der Waals surface area contributed by atoms with Crippen molar-refractivity contribution in [3.8, 4) is 5.75 Å². The second-order valence-electron chi connectivity index (χ2n) is 4.86. The summed E-state index contributed by atoms with van der Waals surface area (Å²) in [5, 5.41) is 9.81. The van der Waals surface area contributed by atoms with E-state index in [2.05, 4.69) is 15.9 Å². The van der Waals surface area contributed by atoms with Crippen LogP contribution >= 0.6 is 15.9 Å². The quantitative estimate of drug-likeness (QED) is 0.795. The monoisotopic (exact) mass is 349 g/mol. The number of phenols is 1. The third-order valence-corrected chi connectivity index (χ3v) is 5.18. The molecule has 2 N–H and O–H groups in total. The summed E-state index contributed by atoms with van der Waals surface area (Å²) < 4.78 is 25.3. The number of piperazine rings is 1. The molecular formula is C12H18BrN2O3S+. The van der Waals surface area contributed by atoms with Crippen molar-refractivity contribution in [3.63, 3.8) is 0 Å². The van der Waals surface area contributed by atoms with Gasteiger partial charge >= 0.3 is 0 Å². The fourth-order valence-corrected chi connectivity index (χ4v) is 3.53. The van der Waals surface area contributed by atoms with E-state index in [1.165, 1.54) is 15.5 Å². The minimum Gasteiger partial charge on any atom is -0.507 e. The third-order valence-electron chi connectivity index (χ3n) is 3.38. The van der Waals surface area contributed by atoms with E-state index in [1.807, 2.05) is 6.07 Å². The Morgan fingerprint density at radius 3 is 2.58 bits per heavy atom. The van der Waals surface area contributed by atoms with Crippen LogP contribution in [0.2, 0.25) is 0 Å². The highest BCUT2D eigenvalue weighted by molar-refractivity contribution is 9.10. The molecule has 0 unspecified atom stereocenters. The number of phenolic OH excluding ortho intramolecular Hbond substituents is 1. The third kappa shape index (κ3) is 3.92. The van der Waals surface area contributed by atoms with Gasteiger partial charge in [0, 0.05) is 10.0 Å². The largest absolute Gasteiger partial charge is 0.507 e. The van der Waals surface area contributed by atoms with Crippen molar-refractivity contribution in [2.75, 3.05) is 32.4 Å². The Labute approximate surface area is 122 Å². The van der Waals surface area contributed by atoms with Gasteiger partial charge in [-0.15, -0.1) is 0 Å². The van der Waals surface area contributed by atoms with Crippen molar-refractivity contribution in [2.24, 2.45) is 0 Å². The molecule has 1 aromatic rings. The average Bonchev–Trinajstić information content (AvgIpc) is 2.33. The van der Waals surface area contributed by atoms with Crippen molar-refractivity contribution in [2.45, 2.75) is 6.54 Å². The number of hydrogen-bond acceptors (Lipinski definition) is 3. The standard InChI is InChI=1S/C12H17BrN2O3S/c1-19(17,18)15-6-4-14(5-7-15)9-10-8-11(13)2-3-12(10)16/h2-3,8,16H,4-7,9H2,1H3/p+1. The van der Waals surface area contributed by atoms with Crippen molar-refractivity contribution >= 4 is 26.0 Å². The molecule has 1 aliphatic rings. The van der Waals surface area contributed by atoms with Gasteiger partial charge in [-0.2, -0.15) is 4.31 Å². The molecule has 0 atom stereocenters. The molecule has 0 bridgehead atoms. The Balaban J connectivity index is 1.98. The molecule has 1 aromatic carbocycles. The van der Waals surface area contributed by atoms with E-state index in [0.29, 0.717) is 25.4 Å². The summed E-state index contributed by atoms with van der Waals surface area (Å²) in [4.78, 5) is 1.29. The zero-order chi connectivity index (χ0) is 14.0. The number of nitrogens with zero attached hydrogens (tertiary/aromatic N) is 1. The Morgan fingerprint density at radius 2 is 2.00 bits per heavy atom. The van der Waals surface area contributed by atoms with Crippen molar-refractivity contribution in [3.05, 3.63) is 28.2 Å². The van der Waals surface area contributed by atoms with Gasteiger partial charge in [0.05, 0.1) is 32.4 Å². The van der Waals surface area contributed by atoms with E-state index in [1.54, 1.807) is 12.1 Å². The molecular weight excluding hydrogens is 332 g/mol. The summed E-state index contributed by atoms with van der Waals surface area (Å²) in [5.41, 5.74) is 0.886. The summed E-state index contributed by atoms with van der Waals surface area (Å²) in [7, 11) is -3.07. The Hall–Kier alpha value is -0.630. The molecule has 0 aliphatic carbocycles. The Kier molecular flexibility index (Phi) is 4.50. The number of quaternary nitrogens is 1. The van der Waals surface area contributed by atoms with Gasteiger partial charge in [-0.05, 0) is 18.2 Å². The van der Waals surface area contributed by atoms with Crippen LogP contribution in [0.25, 0.3) is 0 Å². The Morgan fingerprint density at radius 1 is 1.37 bits per heavy atom.